The normalized spacial score (nSPS) is 9.69. The van der Waals surface area contributed by atoms with Gasteiger partial charge in [0.15, 0.2) is 0 Å². The Morgan fingerprint density at radius 2 is 2.23 bits per heavy atom. The van der Waals surface area contributed by atoms with Gasteiger partial charge in [-0.25, -0.2) is 0 Å². The summed E-state index contributed by atoms with van der Waals surface area (Å²) in [4.78, 5) is 0. The first-order valence-electron chi connectivity index (χ1n) is 4.29. The minimum absolute atomic E-state index is 0.930. The molecule has 0 amide bonds. The monoisotopic (exact) mass is 236 g/mol. The lowest BCUT2D eigenvalue weighted by Gasteiger charge is -2.09. The van der Waals surface area contributed by atoms with Crippen LogP contribution in [-0.2, 0) is 6.42 Å². The second kappa shape index (κ2) is 4.43. The average molecular weight is 237 g/mol. The van der Waals surface area contributed by atoms with E-state index in [-0.39, 0.29) is 0 Å². The van der Waals surface area contributed by atoms with E-state index in [1.165, 1.54) is 11.1 Å². The summed E-state index contributed by atoms with van der Waals surface area (Å²) in [5.74, 6) is 0. The first-order valence-corrected chi connectivity index (χ1v) is 5.09. The third-order valence-electron chi connectivity index (χ3n) is 2.06. The highest BCUT2D eigenvalue weighted by Gasteiger charge is 2.05. The van der Waals surface area contributed by atoms with Crippen molar-refractivity contribution in [2.75, 3.05) is 0 Å². The van der Waals surface area contributed by atoms with Crippen LogP contribution in [0.5, 0.6) is 0 Å². The zero-order valence-corrected chi connectivity index (χ0v) is 9.39. The van der Waals surface area contributed by atoms with Gasteiger partial charge in [0, 0.05) is 4.48 Å². The van der Waals surface area contributed by atoms with Gasteiger partial charge in [-0.2, -0.15) is 0 Å². The Bertz CT molecular complexity index is 337. The van der Waals surface area contributed by atoms with Crippen LogP contribution in [0.25, 0.3) is 10.6 Å². The van der Waals surface area contributed by atoms with Crippen molar-refractivity contribution in [2.45, 2.75) is 13.3 Å². The fraction of sp³-hybridized carbons (Fsp3) is 0.167. The maximum absolute atomic E-state index is 3.91. The lowest BCUT2D eigenvalue weighted by molar-refractivity contribution is 1.13. The van der Waals surface area contributed by atoms with Crippen molar-refractivity contribution in [1.82, 2.24) is 0 Å². The number of halogens is 1. The topological polar surface area (TPSA) is 0 Å². The Morgan fingerprint density at radius 1 is 1.54 bits per heavy atom. The van der Waals surface area contributed by atoms with Gasteiger partial charge in [0.2, 0.25) is 0 Å². The third kappa shape index (κ3) is 2.10. The van der Waals surface area contributed by atoms with E-state index in [0.29, 0.717) is 0 Å². The molecule has 0 N–H and O–H groups in total. The standard InChI is InChI=1S/C12H13Br/c1-4-10-7-6-8-11(5-2)12(10)9(3)13/h4,6-8H,1,3,5H2,2H3. The molecule has 1 aromatic rings. The van der Waals surface area contributed by atoms with E-state index in [1.54, 1.807) is 0 Å². The highest BCUT2D eigenvalue weighted by molar-refractivity contribution is 9.15. The summed E-state index contributed by atoms with van der Waals surface area (Å²) in [6, 6.07) is 6.22. The third-order valence-corrected chi connectivity index (χ3v) is 2.45. The Balaban J connectivity index is 3.38. The number of rotatable bonds is 3. The van der Waals surface area contributed by atoms with E-state index < -0.39 is 0 Å². The quantitative estimate of drug-likeness (QED) is 0.736. The second-order valence-corrected chi connectivity index (χ2v) is 3.80. The fourth-order valence-corrected chi connectivity index (χ4v) is 1.90. The zero-order valence-electron chi connectivity index (χ0n) is 7.81. The molecule has 0 aliphatic rings. The molecule has 0 saturated carbocycles. The summed E-state index contributed by atoms with van der Waals surface area (Å²) in [5, 5.41) is 0. The predicted octanol–water partition coefficient (Wildman–Crippen LogP) is 4.26. The molecule has 0 aliphatic heterocycles. The molecule has 68 valence electrons. The van der Waals surface area contributed by atoms with Crippen molar-refractivity contribution in [3.05, 3.63) is 48.0 Å². The smallest absolute Gasteiger partial charge is 0.0184 e. The van der Waals surface area contributed by atoms with Crippen LogP contribution in [-0.4, -0.2) is 0 Å². The van der Waals surface area contributed by atoms with Crippen LogP contribution in [0.3, 0.4) is 0 Å². The zero-order chi connectivity index (χ0) is 9.84. The molecule has 0 heterocycles. The van der Waals surface area contributed by atoms with E-state index in [4.69, 9.17) is 0 Å². The van der Waals surface area contributed by atoms with Gasteiger partial charge in [0.05, 0.1) is 0 Å². The maximum atomic E-state index is 3.91. The molecule has 0 bridgehead atoms. The van der Waals surface area contributed by atoms with Crippen molar-refractivity contribution in [2.24, 2.45) is 0 Å². The van der Waals surface area contributed by atoms with Crippen LogP contribution in [0.2, 0.25) is 0 Å². The van der Waals surface area contributed by atoms with Crippen LogP contribution in [0.1, 0.15) is 23.6 Å². The van der Waals surface area contributed by atoms with E-state index in [2.05, 4.69) is 48.1 Å². The van der Waals surface area contributed by atoms with E-state index >= 15 is 0 Å². The second-order valence-electron chi connectivity index (χ2n) is 2.84. The minimum Gasteiger partial charge on any atom is -0.0984 e. The molecule has 0 atom stereocenters. The SMILES string of the molecule is C=Cc1cccc(CC)c1C(=C)Br. The summed E-state index contributed by atoms with van der Waals surface area (Å²) in [7, 11) is 0. The van der Waals surface area contributed by atoms with E-state index in [1.807, 2.05) is 12.1 Å². The summed E-state index contributed by atoms with van der Waals surface area (Å²) >= 11 is 3.42. The molecule has 1 aromatic carbocycles. The van der Waals surface area contributed by atoms with Crippen molar-refractivity contribution >= 4 is 26.5 Å². The van der Waals surface area contributed by atoms with Crippen LogP contribution in [0.15, 0.2) is 31.4 Å². The summed E-state index contributed by atoms with van der Waals surface area (Å²) in [6.45, 7) is 9.84. The van der Waals surface area contributed by atoms with E-state index in [0.717, 1.165) is 16.5 Å². The van der Waals surface area contributed by atoms with Crippen LogP contribution in [0.4, 0.5) is 0 Å². The van der Waals surface area contributed by atoms with Crippen molar-refractivity contribution < 1.29 is 0 Å². The van der Waals surface area contributed by atoms with Gasteiger partial charge in [-0.05, 0) is 23.1 Å². The molecule has 0 fully saturated rings. The highest BCUT2D eigenvalue weighted by Crippen LogP contribution is 2.27. The molecule has 0 aromatic heterocycles. The fourth-order valence-electron chi connectivity index (χ4n) is 1.42. The molecule has 1 heteroatoms. The van der Waals surface area contributed by atoms with Gasteiger partial charge < -0.3 is 0 Å². The lowest BCUT2D eigenvalue weighted by Crippen LogP contribution is -1.91. The average Bonchev–Trinajstić information content (AvgIpc) is 2.16. The van der Waals surface area contributed by atoms with Gasteiger partial charge in [0.25, 0.3) is 0 Å². The van der Waals surface area contributed by atoms with E-state index in [9.17, 15) is 0 Å². The first-order chi connectivity index (χ1) is 6.20. The highest BCUT2D eigenvalue weighted by atomic mass is 79.9. The molecule has 13 heavy (non-hydrogen) atoms. The van der Waals surface area contributed by atoms with Crippen molar-refractivity contribution in [3.8, 4) is 0 Å². The Labute approximate surface area is 88.1 Å². The molecule has 0 unspecified atom stereocenters. The molecule has 0 saturated heterocycles. The summed E-state index contributed by atoms with van der Waals surface area (Å²) in [6.07, 6.45) is 2.88. The maximum Gasteiger partial charge on any atom is 0.0184 e. The molecule has 0 spiro atoms. The lowest BCUT2D eigenvalue weighted by atomic mass is 9.99. The largest absolute Gasteiger partial charge is 0.0984 e. The Morgan fingerprint density at radius 3 is 2.69 bits per heavy atom. The van der Waals surface area contributed by atoms with Gasteiger partial charge >= 0.3 is 0 Å². The van der Waals surface area contributed by atoms with Crippen LogP contribution in [0, 0.1) is 0 Å². The van der Waals surface area contributed by atoms with Gasteiger partial charge in [-0.1, -0.05) is 60.3 Å². The first kappa shape index (κ1) is 10.3. The molecule has 0 aliphatic carbocycles. The number of benzene rings is 1. The Kier molecular flexibility index (Phi) is 3.49. The molecule has 1 rings (SSSR count). The van der Waals surface area contributed by atoms with Crippen molar-refractivity contribution in [3.63, 3.8) is 0 Å². The van der Waals surface area contributed by atoms with Gasteiger partial charge in [0.1, 0.15) is 0 Å². The summed E-state index contributed by atoms with van der Waals surface area (Å²) < 4.78 is 0.930. The van der Waals surface area contributed by atoms with Crippen LogP contribution >= 0.6 is 15.9 Å². The molecule has 0 nitrogen and oxygen atoms in total. The number of hydrogen-bond donors (Lipinski definition) is 0. The van der Waals surface area contributed by atoms with Crippen LogP contribution < -0.4 is 0 Å². The van der Waals surface area contributed by atoms with Gasteiger partial charge in [-0.3, -0.25) is 0 Å². The van der Waals surface area contributed by atoms with Crippen molar-refractivity contribution in [1.29, 1.82) is 0 Å². The number of hydrogen-bond acceptors (Lipinski definition) is 0. The minimum atomic E-state index is 0.930. The predicted molar refractivity (Wildman–Crippen MR) is 63.9 cm³/mol. The molecular weight excluding hydrogens is 224 g/mol. The number of aryl methyl sites for hydroxylation is 1. The Hall–Kier alpha value is -0.820. The molecular formula is C12H13Br. The summed E-state index contributed by atoms with van der Waals surface area (Å²) in [5.41, 5.74) is 3.63. The van der Waals surface area contributed by atoms with Gasteiger partial charge in [-0.15, -0.1) is 0 Å². The molecule has 0 radical (unpaired) electrons.